The summed E-state index contributed by atoms with van der Waals surface area (Å²) in [6.07, 6.45) is 3.26. The second kappa shape index (κ2) is 5.42. The fourth-order valence-electron chi connectivity index (χ4n) is 1.13. The molecule has 4 nitrogen and oxygen atoms in total. The second-order valence-corrected chi connectivity index (χ2v) is 3.55. The van der Waals surface area contributed by atoms with Gasteiger partial charge in [0.15, 0.2) is 0 Å². The number of carbonyl (C=O) groups is 1. The normalized spacial score (nSPS) is 10.6. The van der Waals surface area contributed by atoms with Crippen molar-refractivity contribution >= 4 is 29.3 Å². The third kappa shape index (κ3) is 3.17. The van der Waals surface area contributed by atoms with E-state index < -0.39 is 0 Å². The Kier molecular flexibility index (Phi) is 4.19. The number of benzene rings is 1. The van der Waals surface area contributed by atoms with Crippen LogP contribution >= 0.6 is 11.6 Å². The fraction of sp³-hybridized carbons (Fsp3) is 0.182. The number of nitrogen functional groups attached to an aromatic ring is 1. The smallest absolute Gasteiger partial charge is 0.309 e. The Bertz CT molecular complexity index is 429. The van der Waals surface area contributed by atoms with Gasteiger partial charge in [0.05, 0.1) is 19.2 Å². The van der Waals surface area contributed by atoms with Crippen molar-refractivity contribution in [2.75, 3.05) is 12.8 Å². The molecule has 1 rings (SSSR count). The highest BCUT2D eigenvalue weighted by molar-refractivity contribution is 6.31. The molecule has 0 fully saturated rings. The summed E-state index contributed by atoms with van der Waals surface area (Å²) < 4.78 is 4.46. The average molecular weight is 242 g/mol. The zero-order chi connectivity index (χ0) is 12.1. The van der Waals surface area contributed by atoms with Crippen molar-refractivity contribution in [3.05, 3.63) is 28.8 Å². The summed E-state index contributed by atoms with van der Waals surface area (Å²) in [7, 11) is 1.31. The molecule has 1 aromatic rings. The van der Waals surface area contributed by atoms with Crippen LogP contribution in [-0.4, -0.2) is 18.2 Å². The Balaban J connectivity index is 2.85. The number of phenolic OH excluding ortho intramolecular Hbond substituents is 1. The molecule has 1 aromatic carbocycles. The van der Waals surface area contributed by atoms with E-state index >= 15 is 0 Å². The van der Waals surface area contributed by atoms with Crippen molar-refractivity contribution in [3.8, 4) is 5.75 Å². The van der Waals surface area contributed by atoms with Crippen molar-refractivity contribution in [2.24, 2.45) is 0 Å². The molecule has 3 N–H and O–H groups in total. The lowest BCUT2D eigenvalue weighted by molar-refractivity contribution is -0.139. The minimum atomic E-state index is -0.356. The van der Waals surface area contributed by atoms with Crippen molar-refractivity contribution in [1.82, 2.24) is 0 Å². The minimum Gasteiger partial charge on any atom is -0.505 e. The number of hydrogen-bond acceptors (Lipinski definition) is 4. The number of carbonyl (C=O) groups excluding carboxylic acids is 1. The SMILES string of the molecule is COC(=O)CC=Cc1cc(Cl)cc(N)c1O. The van der Waals surface area contributed by atoms with Crippen LogP contribution < -0.4 is 5.73 Å². The predicted molar refractivity (Wildman–Crippen MR) is 63.2 cm³/mol. The van der Waals surface area contributed by atoms with E-state index in [1.807, 2.05) is 0 Å². The first-order valence-electron chi connectivity index (χ1n) is 4.56. The van der Waals surface area contributed by atoms with E-state index in [2.05, 4.69) is 4.74 Å². The van der Waals surface area contributed by atoms with Gasteiger partial charge in [-0.2, -0.15) is 0 Å². The van der Waals surface area contributed by atoms with E-state index in [1.165, 1.54) is 13.2 Å². The molecular formula is C11H12ClNO3. The zero-order valence-corrected chi connectivity index (χ0v) is 9.49. The predicted octanol–water partition coefficient (Wildman–Crippen LogP) is 2.20. The number of halogens is 1. The Morgan fingerprint density at radius 3 is 2.94 bits per heavy atom. The monoisotopic (exact) mass is 241 g/mol. The van der Waals surface area contributed by atoms with E-state index in [-0.39, 0.29) is 23.8 Å². The van der Waals surface area contributed by atoms with Crippen LogP contribution in [0.5, 0.6) is 5.75 Å². The van der Waals surface area contributed by atoms with Crippen LogP contribution in [0.2, 0.25) is 5.02 Å². The van der Waals surface area contributed by atoms with Crippen LogP contribution in [0.1, 0.15) is 12.0 Å². The summed E-state index contributed by atoms with van der Waals surface area (Å²) in [6.45, 7) is 0. The molecule has 0 aromatic heterocycles. The van der Waals surface area contributed by atoms with Crippen LogP contribution in [0.4, 0.5) is 5.69 Å². The number of rotatable bonds is 3. The molecule has 0 aliphatic carbocycles. The van der Waals surface area contributed by atoms with Gasteiger partial charge < -0.3 is 15.6 Å². The molecule has 0 spiro atoms. The van der Waals surface area contributed by atoms with Gasteiger partial charge in [-0.3, -0.25) is 4.79 Å². The molecule has 16 heavy (non-hydrogen) atoms. The van der Waals surface area contributed by atoms with Crippen molar-refractivity contribution in [2.45, 2.75) is 6.42 Å². The van der Waals surface area contributed by atoms with Crippen molar-refractivity contribution in [3.63, 3.8) is 0 Å². The number of methoxy groups -OCH3 is 1. The molecule has 0 atom stereocenters. The van der Waals surface area contributed by atoms with Gasteiger partial charge >= 0.3 is 5.97 Å². The minimum absolute atomic E-state index is 0.0504. The van der Waals surface area contributed by atoms with Gasteiger partial charge in [0, 0.05) is 10.6 Å². The summed E-state index contributed by atoms with van der Waals surface area (Å²) in [5.74, 6) is -0.406. The van der Waals surface area contributed by atoms with Gasteiger partial charge in [-0.05, 0) is 12.1 Å². The van der Waals surface area contributed by atoms with E-state index in [1.54, 1.807) is 18.2 Å². The van der Waals surface area contributed by atoms with Gasteiger partial charge in [-0.15, -0.1) is 0 Å². The number of anilines is 1. The topological polar surface area (TPSA) is 72.5 Å². The fourth-order valence-corrected chi connectivity index (χ4v) is 1.37. The highest BCUT2D eigenvalue weighted by Gasteiger charge is 2.04. The van der Waals surface area contributed by atoms with E-state index in [9.17, 15) is 9.90 Å². The molecule has 0 amide bonds. The summed E-state index contributed by atoms with van der Waals surface area (Å²) >= 11 is 5.77. The van der Waals surface area contributed by atoms with E-state index in [0.29, 0.717) is 10.6 Å². The Labute approximate surface area is 98.3 Å². The Hall–Kier alpha value is -1.68. The summed E-state index contributed by atoms with van der Waals surface area (Å²) in [5, 5.41) is 10.0. The van der Waals surface area contributed by atoms with Crippen molar-refractivity contribution in [1.29, 1.82) is 0 Å². The molecule has 0 bridgehead atoms. The number of ether oxygens (including phenoxy) is 1. The molecule has 0 aliphatic heterocycles. The second-order valence-electron chi connectivity index (χ2n) is 3.12. The number of aromatic hydroxyl groups is 1. The van der Waals surface area contributed by atoms with Gasteiger partial charge in [0.2, 0.25) is 0 Å². The van der Waals surface area contributed by atoms with Gasteiger partial charge in [-0.1, -0.05) is 23.8 Å². The van der Waals surface area contributed by atoms with E-state index in [4.69, 9.17) is 17.3 Å². The molecule has 86 valence electrons. The third-order valence-electron chi connectivity index (χ3n) is 1.94. The van der Waals surface area contributed by atoms with Gasteiger partial charge in [0.25, 0.3) is 0 Å². The maximum Gasteiger partial charge on any atom is 0.309 e. The average Bonchev–Trinajstić information content (AvgIpc) is 2.24. The first-order chi connectivity index (χ1) is 7.54. The highest BCUT2D eigenvalue weighted by Crippen LogP contribution is 2.30. The molecule has 0 heterocycles. The number of nitrogens with two attached hydrogens (primary N) is 1. The lowest BCUT2D eigenvalue weighted by atomic mass is 10.1. The zero-order valence-electron chi connectivity index (χ0n) is 8.74. The maximum atomic E-state index is 10.8. The lowest BCUT2D eigenvalue weighted by Crippen LogP contribution is -1.96. The molecule has 0 saturated heterocycles. The van der Waals surface area contributed by atoms with Crippen molar-refractivity contribution < 1.29 is 14.6 Å². The van der Waals surface area contributed by atoms with Crippen LogP contribution in [0.3, 0.4) is 0 Å². The molecule has 0 aliphatic rings. The third-order valence-corrected chi connectivity index (χ3v) is 2.16. The number of hydrogen-bond donors (Lipinski definition) is 2. The van der Waals surface area contributed by atoms with Crippen LogP contribution in [0, 0.1) is 0 Å². The maximum absolute atomic E-state index is 10.8. The van der Waals surface area contributed by atoms with Crippen LogP contribution in [0.15, 0.2) is 18.2 Å². The van der Waals surface area contributed by atoms with Crippen LogP contribution in [0.25, 0.3) is 6.08 Å². The van der Waals surface area contributed by atoms with Gasteiger partial charge in [-0.25, -0.2) is 0 Å². The van der Waals surface area contributed by atoms with E-state index in [0.717, 1.165) is 0 Å². The molecule has 0 saturated carbocycles. The standard InChI is InChI=1S/C11H12ClNO3/c1-16-10(14)4-2-3-7-5-8(12)6-9(13)11(7)15/h2-3,5-6,15H,4,13H2,1H3. The lowest BCUT2D eigenvalue weighted by Gasteiger charge is -2.03. The quantitative estimate of drug-likeness (QED) is 0.483. The highest BCUT2D eigenvalue weighted by atomic mass is 35.5. The summed E-state index contributed by atoms with van der Waals surface area (Å²) in [5.41, 5.74) is 6.19. The Morgan fingerprint density at radius 2 is 2.31 bits per heavy atom. The number of esters is 1. The molecule has 5 heteroatoms. The first kappa shape index (κ1) is 12.4. The van der Waals surface area contributed by atoms with Gasteiger partial charge in [0.1, 0.15) is 5.75 Å². The number of phenols is 1. The molecular weight excluding hydrogens is 230 g/mol. The summed E-state index contributed by atoms with van der Waals surface area (Å²) in [4.78, 5) is 10.8. The Morgan fingerprint density at radius 1 is 1.62 bits per heavy atom. The first-order valence-corrected chi connectivity index (χ1v) is 4.93. The molecule has 0 radical (unpaired) electrons. The summed E-state index contributed by atoms with van der Waals surface area (Å²) in [6, 6.07) is 3.01. The largest absolute Gasteiger partial charge is 0.505 e. The van der Waals surface area contributed by atoms with Crippen LogP contribution in [-0.2, 0) is 9.53 Å². The molecule has 0 unspecified atom stereocenters.